The van der Waals surface area contributed by atoms with Gasteiger partial charge in [-0.25, -0.2) is 0 Å². The summed E-state index contributed by atoms with van der Waals surface area (Å²) in [6.45, 7) is 0. The molecule has 0 bridgehead atoms. The van der Waals surface area contributed by atoms with E-state index in [-0.39, 0.29) is 0 Å². The van der Waals surface area contributed by atoms with Gasteiger partial charge in [0, 0.05) is 12.0 Å². The molecule has 0 radical (unpaired) electrons. The number of carbonyl (C=O) groups is 1. The Morgan fingerprint density at radius 2 is 1.57 bits per heavy atom. The van der Waals surface area contributed by atoms with Gasteiger partial charge in [-0.3, -0.25) is 4.79 Å². The molecular formula is C20H15NO2. The molecule has 4 rings (SSSR count). The summed E-state index contributed by atoms with van der Waals surface area (Å²) >= 11 is 0. The van der Waals surface area contributed by atoms with Gasteiger partial charge in [0.25, 0.3) is 0 Å². The molecule has 3 aromatic rings. The van der Waals surface area contributed by atoms with Gasteiger partial charge in [-0.2, -0.15) is 0 Å². The Bertz CT molecular complexity index is 859. The summed E-state index contributed by atoms with van der Waals surface area (Å²) in [6.07, 6.45) is 1.51. The zero-order valence-corrected chi connectivity index (χ0v) is 12.5. The Morgan fingerprint density at radius 3 is 2.39 bits per heavy atom. The molecular weight excluding hydrogens is 286 g/mol. The van der Waals surface area contributed by atoms with E-state index in [2.05, 4.69) is 18.2 Å². The van der Waals surface area contributed by atoms with E-state index in [4.69, 9.17) is 4.84 Å². The minimum absolute atomic E-state index is 0.691. The van der Waals surface area contributed by atoms with E-state index >= 15 is 0 Å². The molecule has 0 N–H and O–H groups in total. The van der Waals surface area contributed by atoms with Gasteiger partial charge in [0.2, 0.25) is 6.41 Å². The average Bonchev–Trinajstić information content (AvgIpc) is 3.00. The van der Waals surface area contributed by atoms with Gasteiger partial charge in [-0.1, -0.05) is 54.6 Å². The lowest BCUT2D eigenvalue weighted by Crippen LogP contribution is -2.25. The van der Waals surface area contributed by atoms with Crippen molar-refractivity contribution in [2.75, 3.05) is 5.06 Å². The molecule has 3 aromatic carbocycles. The first kappa shape index (κ1) is 13.6. The molecule has 0 saturated heterocycles. The molecule has 0 atom stereocenters. The minimum atomic E-state index is 0.691. The Balaban J connectivity index is 1.71. The van der Waals surface area contributed by atoms with E-state index in [1.165, 1.54) is 21.8 Å². The van der Waals surface area contributed by atoms with Gasteiger partial charge in [0.15, 0.2) is 5.75 Å². The highest BCUT2D eigenvalue weighted by Crippen LogP contribution is 2.41. The molecule has 112 valence electrons. The first-order chi connectivity index (χ1) is 11.4. The van der Waals surface area contributed by atoms with Gasteiger partial charge in [-0.05, 0) is 34.9 Å². The van der Waals surface area contributed by atoms with Crippen molar-refractivity contribution in [3.05, 3.63) is 83.9 Å². The molecule has 1 amide bonds. The van der Waals surface area contributed by atoms with Crippen LogP contribution >= 0.6 is 0 Å². The number of hydrogen-bond acceptors (Lipinski definition) is 2. The molecule has 3 heteroatoms. The van der Waals surface area contributed by atoms with Gasteiger partial charge in [0.05, 0.1) is 5.69 Å². The number of carbonyl (C=O) groups excluding carboxylic acids is 1. The number of amides is 1. The van der Waals surface area contributed by atoms with Crippen LogP contribution in [0.3, 0.4) is 0 Å². The van der Waals surface area contributed by atoms with E-state index in [0.29, 0.717) is 12.1 Å². The van der Waals surface area contributed by atoms with Crippen molar-refractivity contribution in [3.63, 3.8) is 0 Å². The highest BCUT2D eigenvalue weighted by atomic mass is 16.7. The van der Waals surface area contributed by atoms with Crippen LogP contribution in [0.5, 0.6) is 5.75 Å². The van der Waals surface area contributed by atoms with E-state index in [0.717, 1.165) is 17.7 Å². The van der Waals surface area contributed by atoms with Crippen LogP contribution in [0.4, 0.5) is 5.69 Å². The number of nitrogens with zero attached hydrogens (tertiary/aromatic N) is 1. The molecule has 0 aliphatic heterocycles. The van der Waals surface area contributed by atoms with Crippen molar-refractivity contribution in [1.29, 1.82) is 0 Å². The first-order valence-corrected chi connectivity index (χ1v) is 7.54. The van der Waals surface area contributed by atoms with Gasteiger partial charge >= 0.3 is 0 Å². The number of hydroxylamine groups is 1. The summed E-state index contributed by atoms with van der Waals surface area (Å²) in [4.78, 5) is 17.3. The molecule has 0 saturated carbocycles. The topological polar surface area (TPSA) is 29.5 Å². The van der Waals surface area contributed by atoms with E-state index < -0.39 is 0 Å². The van der Waals surface area contributed by atoms with Crippen LogP contribution in [-0.2, 0) is 11.2 Å². The third-order valence-electron chi connectivity index (χ3n) is 4.11. The van der Waals surface area contributed by atoms with Crippen molar-refractivity contribution in [2.45, 2.75) is 6.42 Å². The third-order valence-corrected chi connectivity index (χ3v) is 4.11. The summed E-state index contributed by atoms with van der Waals surface area (Å²) in [5.41, 5.74) is 5.53. The molecule has 3 nitrogen and oxygen atoms in total. The van der Waals surface area contributed by atoms with Crippen LogP contribution < -0.4 is 9.90 Å². The third kappa shape index (κ3) is 2.36. The number of anilines is 1. The van der Waals surface area contributed by atoms with Gasteiger partial charge in [-0.15, -0.1) is 5.06 Å². The second kappa shape index (κ2) is 5.61. The summed E-state index contributed by atoms with van der Waals surface area (Å²) in [6, 6.07) is 23.7. The fourth-order valence-corrected chi connectivity index (χ4v) is 3.03. The second-order valence-electron chi connectivity index (χ2n) is 5.47. The van der Waals surface area contributed by atoms with Crippen LogP contribution in [0.25, 0.3) is 11.1 Å². The molecule has 1 aliphatic rings. The molecule has 0 unspecified atom stereocenters. The van der Waals surface area contributed by atoms with E-state index in [1.807, 2.05) is 54.6 Å². The predicted molar refractivity (Wildman–Crippen MR) is 90.3 cm³/mol. The van der Waals surface area contributed by atoms with E-state index in [1.54, 1.807) is 0 Å². The van der Waals surface area contributed by atoms with Gasteiger partial charge < -0.3 is 4.84 Å². The molecule has 23 heavy (non-hydrogen) atoms. The quantitative estimate of drug-likeness (QED) is 0.417. The first-order valence-electron chi connectivity index (χ1n) is 7.54. The molecule has 0 spiro atoms. The maximum atomic E-state index is 11.4. The van der Waals surface area contributed by atoms with Crippen LogP contribution in [0.2, 0.25) is 0 Å². The fourth-order valence-electron chi connectivity index (χ4n) is 3.03. The molecule has 0 aromatic heterocycles. The lowest BCUT2D eigenvalue weighted by Gasteiger charge is -2.19. The van der Waals surface area contributed by atoms with Crippen LogP contribution in [0.1, 0.15) is 11.1 Å². The predicted octanol–water partition coefficient (Wildman–Crippen LogP) is 4.21. The maximum absolute atomic E-state index is 11.4. The lowest BCUT2D eigenvalue weighted by atomic mass is 10.1. The Labute approximate surface area is 134 Å². The number of benzene rings is 3. The number of fused-ring (bicyclic) bond motifs is 3. The fraction of sp³-hybridized carbons (Fsp3) is 0.0500. The van der Waals surface area contributed by atoms with Crippen molar-refractivity contribution in [3.8, 4) is 16.9 Å². The summed E-state index contributed by atoms with van der Waals surface area (Å²) in [7, 11) is 0. The van der Waals surface area contributed by atoms with Gasteiger partial charge in [0.1, 0.15) is 0 Å². The molecule has 0 heterocycles. The summed E-state index contributed by atoms with van der Waals surface area (Å²) in [5.74, 6) is 0.717. The number of hydrogen-bond donors (Lipinski definition) is 0. The highest BCUT2D eigenvalue weighted by Gasteiger charge is 2.22. The summed E-state index contributed by atoms with van der Waals surface area (Å²) < 4.78 is 0. The van der Waals surface area contributed by atoms with Crippen LogP contribution in [-0.4, -0.2) is 6.41 Å². The van der Waals surface area contributed by atoms with Crippen LogP contribution in [0.15, 0.2) is 72.8 Å². The molecule has 0 fully saturated rings. The largest absolute Gasteiger partial charge is 0.372 e. The van der Waals surface area contributed by atoms with E-state index in [9.17, 15) is 4.79 Å². The van der Waals surface area contributed by atoms with Crippen molar-refractivity contribution < 1.29 is 9.63 Å². The normalized spacial score (nSPS) is 11.5. The second-order valence-corrected chi connectivity index (χ2v) is 5.47. The SMILES string of the molecule is O=CN(Oc1cccc2c1Cc1ccccc1-2)c1ccccc1. The van der Waals surface area contributed by atoms with Crippen molar-refractivity contribution in [1.82, 2.24) is 0 Å². The maximum Gasteiger partial charge on any atom is 0.247 e. The number of para-hydroxylation sites is 1. The van der Waals surface area contributed by atoms with Crippen molar-refractivity contribution in [2.24, 2.45) is 0 Å². The average molecular weight is 301 g/mol. The minimum Gasteiger partial charge on any atom is -0.372 e. The Morgan fingerprint density at radius 1 is 0.826 bits per heavy atom. The Hall–Kier alpha value is -3.07. The Kier molecular flexibility index (Phi) is 3.31. The zero-order chi connectivity index (χ0) is 15.6. The summed E-state index contributed by atoms with van der Waals surface area (Å²) in [5, 5.41) is 1.26. The lowest BCUT2D eigenvalue weighted by molar-refractivity contribution is -0.111. The number of rotatable bonds is 4. The van der Waals surface area contributed by atoms with Crippen LogP contribution in [0, 0.1) is 0 Å². The monoisotopic (exact) mass is 301 g/mol. The molecule has 1 aliphatic carbocycles. The van der Waals surface area contributed by atoms with Crippen molar-refractivity contribution >= 4 is 12.1 Å². The smallest absolute Gasteiger partial charge is 0.247 e. The highest BCUT2D eigenvalue weighted by molar-refractivity contribution is 5.79. The zero-order valence-electron chi connectivity index (χ0n) is 12.5. The standard InChI is InChI=1S/C20H15NO2/c22-14-21(16-8-2-1-3-9-16)23-20-12-6-11-18-17-10-5-4-7-15(17)13-19(18)20/h1-12,14H,13H2.